The van der Waals surface area contributed by atoms with Crippen molar-refractivity contribution in [3.63, 3.8) is 0 Å². The van der Waals surface area contributed by atoms with E-state index < -0.39 is 109 Å². The maximum Gasteiger partial charge on any atom is 0.369 e. The molecule has 4 aromatic rings. The highest BCUT2D eigenvalue weighted by atomic mass is 19.1. The number of hydrogen-bond acceptors (Lipinski definition) is 17. The summed E-state index contributed by atoms with van der Waals surface area (Å²) in [7, 11) is 0. The van der Waals surface area contributed by atoms with E-state index in [1.807, 2.05) is 0 Å². The molecule has 0 aliphatic carbocycles. The molecule has 0 spiro atoms. The van der Waals surface area contributed by atoms with Gasteiger partial charge in [0.05, 0.1) is 28.4 Å². The van der Waals surface area contributed by atoms with Crippen LogP contribution in [0.2, 0.25) is 0 Å². The van der Waals surface area contributed by atoms with Crippen molar-refractivity contribution in [2.45, 2.75) is 48.6 Å². The Bertz CT molecular complexity index is 2330. The number of alkyl halides is 2. The standard InChI is InChI=1S/C44H38F2N2O16/c45-29-21-47-22-32(29)59-40(54)33(60-36(50)25-13-5-1-6-14-25)34(61-37(51)26-15-7-2-8-16-26)41(55)63-42(56)35(62-38(52)27-17-9-3-10-18-27)44(43(57)58,48-23-30(46)31(49)24-48)64-39(53)28-19-11-4-12-20-28/h1-20,29-35,47,49H,21-24H2,(H,57,58)/t29-,30-,31-,32-,33+,34+,35-,44+/m1/s1. The zero-order valence-corrected chi connectivity index (χ0v) is 33.2. The first kappa shape index (κ1) is 46.1. The van der Waals surface area contributed by atoms with E-state index in [-0.39, 0.29) is 35.3 Å². The molecule has 2 fully saturated rings. The van der Waals surface area contributed by atoms with E-state index in [0.717, 1.165) is 0 Å². The van der Waals surface area contributed by atoms with Gasteiger partial charge in [-0.1, -0.05) is 72.8 Å². The molecule has 0 radical (unpaired) electrons. The van der Waals surface area contributed by atoms with Gasteiger partial charge < -0.3 is 44.0 Å². The third kappa shape index (κ3) is 10.6. The third-order valence-electron chi connectivity index (χ3n) is 9.84. The molecule has 2 aliphatic heterocycles. The normalized spacial score (nSPS) is 20.5. The number of aliphatic hydroxyl groups is 1. The van der Waals surface area contributed by atoms with E-state index in [1.165, 1.54) is 121 Å². The molecule has 2 saturated heterocycles. The molecule has 4 aromatic carbocycles. The summed E-state index contributed by atoms with van der Waals surface area (Å²) < 4.78 is 61.7. The molecule has 3 N–H and O–H groups in total. The number of aliphatic hydroxyl groups excluding tert-OH is 1. The fourth-order valence-electron chi connectivity index (χ4n) is 6.55. The van der Waals surface area contributed by atoms with Gasteiger partial charge in [-0.15, -0.1) is 0 Å². The minimum absolute atomic E-state index is 0.220. The minimum atomic E-state index is -3.66. The van der Waals surface area contributed by atoms with Gasteiger partial charge in [0.1, 0.15) is 12.3 Å². The number of β-amino-alcohol motifs (C(OH)–C–C–N with tert-alkyl or cyclic N) is 1. The molecule has 18 nitrogen and oxygen atoms in total. The van der Waals surface area contributed by atoms with E-state index in [1.54, 1.807) is 0 Å². The molecule has 0 unspecified atom stereocenters. The Morgan fingerprint density at radius 3 is 1.42 bits per heavy atom. The van der Waals surface area contributed by atoms with E-state index in [2.05, 4.69) is 5.32 Å². The number of halogens is 2. The lowest BCUT2D eigenvalue weighted by Gasteiger charge is -2.40. The number of nitrogens with zero attached hydrogens (tertiary/aromatic N) is 1. The first-order valence-electron chi connectivity index (χ1n) is 19.4. The maximum absolute atomic E-state index is 15.1. The molecule has 8 atom stereocenters. The van der Waals surface area contributed by atoms with Crippen LogP contribution < -0.4 is 5.32 Å². The SMILES string of the molecule is O=C(O[C@H](C(=O)OC(=O)[C@@H](OC(=O)c1ccccc1)[C@](OC(=O)c1ccccc1)(C(=O)O)N1C[C@@H](O)[C@H](F)C1)[C@H](OC(=O)c1ccccc1)C(=O)O[C@@H]1CNC[C@H]1F)c1ccccc1. The van der Waals surface area contributed by atoms with Crippen molar-refractivity contribution in [3.05, 3.63) is 144 Å². The number of ether oxygens (including phenoxy) is 6. The zero-order valence-electron chi connectivity index (χ0n) is 33.2. The molecule has 0 aromatic heterocycles. The Hall–Kier alpha value is -7.42. The van der Waals surface area contributed by atoms with Gasteiger partial charge in [-0.2, -0.15) is 0 Å². The van der Waals surface area contributed by atoms with Crippen LogP contribution in [0, 0.1) is 0 Å². The average Bonchev–Trinajstić information content (AvgIpc) is 3.88. The van der Waals surface area contributed by atoms with Gasteiger partial charge >= 0.3 is 53.5 Å². The Balaban J connectivity index is 1.45. The van der Waals surface area contributed by atoms with Crippen LogP contribution in [0.25, 0.3) is 0 Å². The molecule has 0 saturated carbocycles. The van der Waals surface area contributed by atoms with Crippen LogP contribution in [0.3, 0.4) is 0 Å². The Labute approximate surface area is 361 Å². The highest BCUT2D eigenvalue weighted by molar-refractivity contribution is 6.02. The molecule has 2 aliphatic rings. The molecule has 334 valence electrons. The number of carbonyl (C=O) groups is 8. The van der Waals surface area contributed by atoms with Crippen molar-refractivity contribution in [1.82, 2.24) is 10.2 Å². The number of carboxylic acids is 1. The van der Waals surface area contributed by atoms with Crippen LogP contribution in [0.1, 0.15) is 41.4 Å². The highest BCUT2D eigenvalue weighted by Crippen LogP contribution is 2.33. The van der Waals surface area contributed by atoms with Crippen LogP contribution in [0.15, 0.2) is 121 Å². The second kappa shape index (κ2) is 20.6. The Morgan fingerprint density at radius 2 is 1.02 bits per heavy atom. The smallest absolute Gasteiger partial charge is 0.369 e. The fourth-order valence-corrected chi connectivity index (χ4v) is 6.55. The first-order valence-corrected chi connectivity index (χ1v) is 19.4. The summed E-state index contributed by atoms with van der Waals surface area (Å²) in [6.07, 6.45) is -16.2. The van der Waals surface area contributed by atoms with Crippen LogP contribution in [-0.2, 0) is 47.6 Å². The van der Waals surface area contributed by atoms with Gasteiger partial charge in [-0.05, 0) is 48.5 Å². The number of hydrogen-bond donors (Lipinski definition) is 3. The summed E-state index contributed by atoms with van der Waals surface area (Å²) in [6, 6.07) is 26.6. The largest absolute Gasteiger partial charge is 0.477 e. The maximum atomic E-state index is 15.1. The summed E-state index contributed by atoms with van der Waals surface area (Å²) in [4.78, 5) is 111. The third-order valence-corrected chi connectivity index (χ3v) is 9.84. The van der Waals surface area contributed by atoms with Gasteiger partial charge in [0.25, 0.3) is 6.10 Å². The molecule has 20 heteroatoms. The minimum Gasteiger partial charge on any atom is -0.477 e. The lowest BCUT2D eigenvalue weighted by molar-refractivity contribution is -0.217. The Kier molecular flexibility index (Phi) is 14.9. The van der Waals surface area contributed by atoms with Crippen LogP contribution in [0.5, 0.6) is 0 Å². The van der Waals surface area contributed by atoms with E-state index >= 15 is 4.39 Å². The lowest BCUT2D eigenvalue weighted by Crippen LogP contribution is -2.68. The molecular weight excluding hydrogens is 850 g/mol. The summed E-state index contributed by atoms with van der Waals surface area (Å²) in [5.74, 6) is -14.0. The number of carboxylic acid groups (broad SMARTS) is 1. The van der Waals surface area contributed by atoms with Crippen molar-refractivity contribution < 1.29 is 85.8 Å². The number of likely N-dealkylation sites (tertiary alicyclic amines) is 1. The summed E-state index contributed by atoms with van der Waals surface area (Å²) >= 11 is 0. The van der Waals surface area contributed by atoms with Crippen molar-refractivity contribution in [2.24, 2.45) is 0 Å². The van der Waals surface area contributed by atoms with E-state index in [4.69, 9.17) is 28.4 Å². The highest BCUT2D eigenvalue weighted by Gasteiger charge is 2.64. The number of nitrogens with one attached hydrogen (secondary N) is 1. The second-order valence-corrected chi connectivity index (χ2v) is 14.2. The molecule has 0 amide bonds. The van der Waals surface area contributed by atoms with Crippen LogP contribution in [0.4, 0.5) is 8.78 Å². The average molecular weight is 889 g/mol. The van der Waals surface area contributed by atoms with Gasteiger partial charge in [-0.25, -0.2) is 52.0 Å². The lowest BCUT2D eigenvalue weighted by atomic mass is 10.0. The first-order chi connectivity index (χ1) is 30.7. The number of aliphatic carboxylic acids is 1. The Morgan fingerprint density at radius 1 is 0.578 bits per heavy atom. The van der Waals surface area contributed by atoms with E-state index in [9.17, 15) is 53.0 Å². The topological polar surface area (TPSA) is 248 Å². The van der Waals surface area contributed by atoms with Gasteiger partial charge in [-0.3, -0.25) is 0 Å². The van der Waals surface area contributed by atoms with Crippen molar-refractivity contribution in [1.29, 1.82) is 0 Å². The van der Waals surface area contributed by atoms with Gasteiger partial charge in [0, 0.05) is 26.2 Å². The second-order valence-electron chi connectivity index (χ2n) is 14.2. The predicted molar refractivity (Wildman–Crippen MR) is 210 cm³/mol. The van der Waals surface area contributed by atoms with Crippen molar-refractivity contribution >= 4 is 47.8 Å². The van der Waals surface area contributed by atoms with Crippen molar-refractivity contribution in [3.8, 4) is 0 Å². The summed E-state index contributed by atoms with van der Waals surface area (Å²) in [5, 5.41) is 24.0. The fraction of sp³-hybridized carbons (Fsp3) is 0.273. The molecule has 2 heterocycles. The summed E-state index contributed by atoms with van der Waals surface area (Å²) in [6.45, 7) is -2.55. The number of carbonyl (C=O) groups excluding carboxylic acids is 7. The zero-order chi connectivity index (χ0) is 46.0. The molecule has 0 bridgehead atoms. The predicted octanol–water partition coefficient (Wildman–Crippen LogP) is 2.24. The van der Waals surface area contributed by atoms with Crippen LogP contribution >= 0.6 is 0 Å². The molecular formula is C44H38F2N2O16. The molecule has 6 rings (SSSR count). The van der Waals surface area contributed by atoms with E-state index in [0.29, 0.717) is 4.90 Å². The van der Waals surface area contributed by atoms with Gasteiger partial charge in [0.15, 0.2) is 6.17 Å². The van der Waals surface area contributed by atoms with Crippen LogP contribution in [-0.4, -0.2) is 138 Å². The number of benzene rings is 4. The van der Waals surface area contributed by atoms with Crippen molar-refractivity contribution in [2.75, 3.05) is 26.2 Å². The number of rotatable bonds is 16. The monoisotopic (exact) mass is 888 g/mol. The number of esters is 7. The van der Waals surface area contributed by atoms with Gasteiger partial charge in [0.2, 0.25) is 12.2 Å². The molecule has 64 heavy (non-hydrogen) atoms. The quantitative estimate of drug-likeness (QED) is 0.0829. The summed E-state index contributed by atoms with van der Waals surface area (Å²) in [5.41, 5.74) is -4.80.